The highest BCUT2D eigenvalue weighted by Crippen LogP contribution is 2.44. The van der Waals surface area contributed by atoms with Gasteiger partial charge in [-0.05, 0) is 103 Å². The molecule has 1 amide bonds. The summed E-state index contributed by atoms with van der Waals surface area (Å²) in [6, 6.07) is 9.05. The minimum absolute atomic E-state index is 0.0373. The Morgan fingerprint density at radius 2 is 1.52 bits per heavy atom. The van der Waals surface area contributed by atoms with E-state index in [4.69, 9.17) is 9.47 Å². The zero-order chi connectivity index (χ0) is 31.4. The molecule has 1 unspecified atom stereocenters. The fourth-order valence-electron chi connectivity index (χ4n) is 5.72. The third-order valence-corrected chi connectivity index (χ3v) is 7.19. The van der Waals surface area contributed by atoms with Crippen molar-refractivity contribution < 1.29 is 27.8 Å². The SMILES string of the molecule is Cc1cc(-c2c(C(C)C)c3cc(C4CCN(C(=O)OC(C)(C)C)CC4(F)F)ccc3n2C(=O)OC(C)(C)C)cc(C)n1. The Morgan fingerprint density at radius 1 is 0.952 bits per heavy atom. The van der Waals surface area contributed by atoms with Gasteiger partial charge in [0.05, 0.1) is 23.7 Å². The van der Waals surface area contributed by atoms with Gasteiger partial charge in [0.25, 0.3) is 5.92 Å². The number of hydrogen-bond acceptors (Lipinski definition) is 5. The van der Waals surface area contributed by atoms with Crippen molar-refractivity contribution >= 4 is 23.1 Å². The first-order valence-electron chi connectivity index (χ1n) is 14.5. The van der Waals surface area contributed by atoms with E-state index in [0.717, 1.165) is 32.8 Å². The zero-order valence-electron chi connectivity index (χ0n) is 26.4. The van der Waals surface area contributed by atoms with E-state index >= 15 is 8.78 Å². The molecule has 0 radical (unpaired) electrons. The second-order valence-electron chi connectivity index (χ2n) is 13.7. The average molecular weight is 584 g/mol. The molecule has 7 nitrogen and oxygen atoms in total. The maximum Gasteiger partial charge on any atom is 0.419 e. The number of ether oxygens (including phenoxy) is 2. The number of alkyl halides is 2. The summed E-state index contributed by atoms with van der Waals surface area (Å²) in [7, 11) is 0. The van der Waals surface area contributed by atoms with E-state index in [1.807, 2.05) is 60.6 Å². The third-order valence-electron chi connectivity index (χ3n) is 7.19. The summed E-state index contributed by atoms with van der Waals surface area (Å²) in [6.07, 6.45) is -1.19. The first-order valence-corrected chi connectivity index (χ1v) is 14.5. The molecule has 2 aromatic heterocycles. The highest BCUT2D eigenvalue weighted by Gasteiger charge is 2.47. The summed E-state index contributed by atoms with van der Waals surface area (Å²) in [5, 5.41) is 0.723. The lowest BCUT2D eigenvalue weighted by Crippen LogP contribution is -2.50. The van der Waals surface area contributed by atoms with Crippen LogP contribution in [0.1, 0.15) is 96.2 Å². The number of piperidine rings is 1. The second-order valence-corrected chi connectivity index (χ2v) is 13.7. The molecule has 1 atom stereocenters. The van der Waals surface area contributed by atoms with Gasteiger partial charge in [-0.3, -0.25) is 4.98 Å². The molecule has 1 aromatic carbocycles. The van der Waals surface area contributed by atoms with Gasteiger partial charge in [0.1, 0.15) is 11.2 Å². The molecule has 1 aliphatic rings. The number of hydrogen-bond donors (Lipinski definition) is 0. The Morgan fingerprint density at radius 3 is 2.05 bits per heavy atom. The number of aromatic nitrogens is 2. The van der Waals surface area contributed by atoms with Crippen LogP contribution in [-0.2, 0) is 9.47 Å². The molecule has 4 rings (SSSR count). The Hall–Kier alpha value is -3.49. The van der Waals surface area contributed by atoms with Crippen LogP contribution in [0.5, 0.6) is 0 Å². The lowest BCUT2D eigenvalue weighted by atomic mass is 9.85. The van der Waals surface area contributed by atoms with Crippen molar-refractivity contribution in [3.05, 3.63) is 52.8 Å². The first kappa shape index (κ1) is 31.4. The number of nitrogens with zero attached hydrogens (tertiary/aromatic N) is 3. The monoisotopic (exact) mass is 583 g/mol. The number of fused-ring (bicyclic) bond motifs is 1. The zero-order valence-corrected chi connectivity index (χ0v) is 26.4. The lowest BCUT2D eigenvalue weighted by Gasteiger charge is -2.39. The van der Waals surface area contributed by atoms with Crippen molar-refractivity contribution in [1.29, 1.82) is 0 Å². The van der Waals surface area contributed by atoms with E-state index < -0.39 is 41.8 Å². The van der Waals surface area contributed by atoms with Gasteiger partial charge < -0.3 is 14.4 Å². The number of carbonyl (C=O) groups is 2. The summed E-state index contributed by atoms with van der Waals surface area (Å²) in [4.78, 5) is 31.9. The van der Waals surface area contributed by atoms with Gasteiger partial charge in [0.15, 0.2) is 0 Å². The van der Waals surface area contributed by atoms with Gasteiger partial charge >= 0.3 is 12.2 Å². The smallest absolute Gasteiger partial charge is 0.419 e. The fourth-order valence-corrected chi connectivity index (χ4v) is 5.72. The van der Waals surface area contributed by atoms with Crippen molar-refractivity contribution in [3.63, 3.8) is 0 Å². The van der Waals surface area contributed by atoms with E-state index in [2.05, 4.69) is 4.98 Å². The van der Waals surface area contributed by atoms with Crippen LogP contribution < -0.4 is 0 Å². The van der Waals surface area contributed by atoms with Crippen molar-refractivity contribution in [3.8, 4) is 11.3 Å². The summed E-state index contributed by atoms with van der Waals surface area (Å²) in [6.45, 7) is 17.9. The Balaban J connectivity index is 1.86. The largest absolute Gasteiger partial charge is 0.444 e. The van der Waals surface area contributed by atoms with E-state index in [1.54, 1.807) is 43.5 Å². The Labute approximate surface area is 247 Å². The third kappa shape index (κ3) is 6.60. The van der Waals surface area contributed by atoms with Crippen molar-refractivity contribution in [2.75, 3.05) is 13.1 Å². The molecule has 9 heteroatoms. The van der Waals surface area contributed by atoms with E-state index in [1.165, 1.54) is 0 Å². The fraction of sp³-hybridized carbons (Fsp3) is 0.545. The van der Waals surface area contributed by atoms with Gasteiger partial charge in [0, 0.05) is 28.9 Å². The van der Waals surface area contributed by atoms with E-state index in [-0.39, 0.29) is 18.9 Å². The molecule has 228 valence electrons. The molecule has 3 heterocycles. The minimum Gasteiger partial charge on any atom is -0.444 e. The highest BCUT2D eigenvalue weighted by molar-refractivity contribution is 6.00. The molecule has 3 aromatic rings. The Bertz CT molecular complexity index is 1490. The van der Waals surface area contributed by atoms with Crippen molar-refractivity contribution in [2.45, 2.75) is 105 Å². The predicted molar refractivity (Wildman–Crippen MR) is 160 cm³/mol. The molecule has 1 aliphatic heterocycles. The number of likely N-dealkylation sites (tertiary alicyclic amines) is 1. The summed E-state index contributed by atoms with van der Waals surface area (Å²) < 4.78 is 44.1. The van der Waals surface area contributed by atoms with Crippen LogP contribution in [0.4, 0.5) is 18.4 Å². The van der Waals surface area contributed by atoms with Crippen LogP contribution in [0, 0.1) is 13.8 Å². The van der Waals surface area contributed by atoms with Crippen LogP contribution in [0.15, 0.2) is 30.3 Å². The van der Waals surface area contributed by atoms with Gasteiger partial charge in [-0.25, -0.2) is 22.9 Å². The summed E-state index contributed by atoms with van der Waals surface area (Å²) in [5.41, 5.74) is 3.51. The van der Waals surface area contributed by atoms with Gasteiger partial charge in [-0.15, -0.1) is 0 Å². The van der Waals surface area contributed by atoms with Crippen LogP contribution in [0.3, 0.4) is 0 Å². The topological polar surface area (TPSA) is 73.7 Å². The first-order chi connectivity index (χ1) is 19.3. The molecule has 42 heavy (non-hydrogen) atoms. The van der Waals surface area contributed by atoms with Crippen LogP contribution >= 0.6 is 0 Å². The summed E-state index contributed by atoms with van der Waals surface area (Å²) in [5.74, 6) is -4.31. The van der Waals surface area contributed by atoms with E-state index in [9.17, 15) is 9.59 Å². The van der Waals surface area contributed by atoms with Crippen LogP contribution in [0.25, 0.3) is 22.2 Å². The second kappa shape index (κ2) is 11.0. The number of pyridine rings is 1. The van der Waals surface area contributed by atoms with Gasteiger partial charge in [-0.2, -0.15) is 0 Å². The maximum absolute atomic E-state index is 15.7. The number of amides is 1. The molecule has 1 fully saturated rings. The molecule has 0 aliphatic carbocycles. The number of benzene rings is 1. The van der Waals surface area contributed by atoms with Crippen LogP contribution in [0.2, 0.25) is 0 Å². The molecule has 0 bridgehead atoms. The molecular weight excluding hydrogens is 540 g/mol. The standard InChI is InChI=1S/C33H43F2N3O4/c1-19(2)27-24-17-22(25-13-14-37(18-33(25,34)35)29(39)41-31(5,6)7)11-12-26(24)38(30(40)42-32(8,9)10)28(27)23-15-20(3)36-21(4)16-23/h11-12,15-17,19,25H,13-14,18H2,1-10H3. The van der Waals surface area contributed by atoms with Crippen molar-refractivity contribution in [1.82, 2.24) is 14.5 Å². The highest BCUT2D eigenvalue weighted by atomic mass is 19.3. The summed E-state index contributed by atoms with van der Waals surface area (Å²) >= 11 is 0. The number of carbonyl (C=O) groups excluding carboxylic acids is 2. The normalized spacial score (nSPS) is 17.5. The average Bonchev–Trinajstić information content (AvgIpc) is 3.15. The van der Waals surface area contributed by atoms with Crippen LogP contribution in [-0.4, -0.2) is 56.9 Å². The van der Waals surface area contributed by atoms with Gasteiger partial charge in [0.2, 0.25) is 0 Å². The number of aryl methyl sites for hydroxylation is 2. The number of rotatable bonds is 3. The van der Waals surface area contributed by atoms with Crippen molar-refractivity contribution in [2.24, 2.45) is 0 Å². The quantitative estimate of drug-likeness (QED) is 0.309. The lowest BCUT2D eigenvalue weighted by molar-refractivity contribution is -0.0848. The molecule has 0 saturated carbocycles. The Kier molecular flexibility index (Phi) is 8.21. The minimum atomic E-state index is -3.17. The predicted octanol–water partition coefficient (Wildman–Crippen LogP) is 8.59. The molecule has 0 spiro atoms. The number of halogens is 2. The van der Waals surface area contributed by atoms with E-state index in [0.29, 0.717) is 16.8 Å². The molecular formula is C33H43F2N3O4. The molecule has 0 N–H and O–H groups in total. The maximum atomic E-state index is 15.7. The molecule has 1 saturated heterocycles. The van der Waals surface area contributed by atoms with Gasteiger partial charge in [-0.1, -0.05) is 19.9 Å².